The number of aromatic nitrogens is 1. The second kappa shape index (κ2) is 3.53. The van der Waals surface area contributed by atoms with Gasteiger partial charge in [-0.3, -0.25) is 0 Å². The van der Waals surface area contributed by atoms with E-state index >= 15 is 0 Å². The van der Waals surface area contributed by atoms with Gasteiger partial charge in [-0.1, -0.05) is 13.8 Å². The van der Waals surface area contributed by atoms with Gasteiger partial charge in [0.25, 0.3) is 0 Å². The van der Waals surface area contributed by atoms with E-state index in [0.29, 0.717) is 11.6 Å². The molecule has 0 amide bonds. The van der Waals surface area contributed by atoms with Crippen molar-refractivity contribution in [3.8, 4) is 0 Å². The van der Waals surface area contributed by atoms with E-state index in [1.54, 1.807) is 0 Å². The fraction of sp³-hybridized carbons (Fsp3) is 0.625. The third-order valence-corrected chi connectivity index (χ3v) is 1.88. The van der Waals surface area contributed by atoms with Gasteiger partial charge in [0, 0.05) is 5.92 Å². The SMILES string of the molecule is CCC(C)c1ocnc1CO. The van der Waals surface area contributed by atoms with Crippen LogP contribution in [0.3, 0.4) is 0 Å². The summed E-state index contributed by atoms with van der Waals surface area (Å²) >= 11 is 0. The van der Waals surface area contributed by atoms with Crippen molar-refractivity contribution in [2.45, 2.75) is 32.8 Å². The molecular weight excluding hydrogens is 142 g/mol. The highest BCUT2D eigenvalue weighted by Gasteiger charge is 2.12. The molecule has 0 fully saturated rings. The summed E-state index contributed by atoms with van der Waals surface area (Å²) in [7, 11) is 0. The maximum absolute atomic E-state index is 8.83. The monoisotopic (exact) mass is 155 g/mol. The molecule has 0 spiro atoms. The van der Waals surface area contributed by atoms with Crippen LogP contribution in [0.2, 0.25) is 0 Å². The van der Waals surface area contributed by atoms with E-state index in [9.17, 15) is 0 Å². The molecule has 0 saturated carbocycles. The van der Waals surface area contributed by atoms with Gasteiger partial charge in [0.05, 0.1) is 6.61 Å². The van der Waals surface area contributed by atoms with Gasteiger partial charge in [0.15, 0.2) is 6.39 Å². The lowest BCUT2D eigenvalue weighted by atomic mass is 10.1. The van der Waals surface area contributed by atoms with Crippen LogP contribution in [0.4, 0.5) is 0 Å². The highest BCUT2D eigenvalue weighted by molar-refractivity contribution is 5.10. The van der Waals surface area contributed by atoms with Crippen LogP contribution in [0.15, 0.2) is 10.8 Å². The summed E-state index contributed by atoms with van der Waals surface area (Å²) in [6, 6.07) is 0. The number of rotatable bonds is 3. The van der Waals surface area contributed by atoms with Gasteiger partial charge >= 0.3 is 0 Å². The maximum atomic E-state index is 8.83. The highest BCUT2D eigenvalue weighted by Crippen LogP contribution is 2.21. The summed E-state index contributed by atoms with van der Waals surface area (Å²) in [5, 5.41) is 8.83. The average Bonchev–Trinajstić information content (AvgIpc) is 2.50. The van der Waals surface area contributed by atoms with Crippen molar-refractivity contribution in [2.24, 2.45) is 0 Å². The van der Waals surface area contributed by atoms with Gasteiger partial charge in [-0.05, 0) is 6.42 Å². The molecule has 0 bridgehead atoms. The van der Waals surface area contributed by atoms with Crippen LogP contribution in [-0.2, 0) is 6.61 Å². The fourth-order valence-corrected chi connectivity index (χ4v) is 0.983. The maximum Gasteiger partial charge on any atom is 0.181 e. The standard InChI is InChI=1S/C8H13NO2/c1-3-6(2)8-7(4-10)9-5-11-8/h5-6,10H,3-4H2,1-2H3. The Labute approximate surface area is 66.1 Å². The molecule has 0 aliphatic heterocycles. The summed E-state index contributed by atoms with van der Waals surface area (Å²) in [6.45, 7) is 4.10. The zero-order valence-corrected chi connectivity index (χ0v) is 6.87. The van der Waals surface area contributed by atoms with Gasteiger partial charge < -0.3 is 9.52 Å². The minimum Gasteiger partial charge on any atom is -0.448 e. The summed E-state index contributed by atoms with van der Waals surface area (Å²) in [5.41, 5.74) is 0.666. The average molecular weight is 155 g/mol. The minimum absolute atomic E-state index is 0.0316. The molecule has 1 aromatic heterocycles. The first-order chi connectivity index (χ1) is 5.29. The van der Waals surface area contributed by atoms with Crippen molar-refractivity contribution in [1.29, 1.82) is 0 Å². The van der Waals surface area contributed by atoms with E-state index in [4.69, 9.17) is 9.52 Å². The Morgan fingerprint density at radius 2 is 2.45 bits per heavy atom. The quantitative estimate of drug-likeness (QED) is 0.722. The molecule has 11 heavy (non-hydrogen) atoms. The van der Waals surface area contributed by atoms with Crippen LogP contribution in [0, 0.1) is 0 Å². The van der Waals surface area contributed by atoms with Crippen molar-refractivity contribution in [1.82, 2.24) is 4.98 Å². The third kappa shape index (κ3) is 1.60. The van der Waals surface area contributed by atoms with E-state index in [0.717, 1.165) is 12.2 Å². The Balaban J connectivity index is 2.83. The second-order valence-electron chi connectivity index (χ2n) is 2.63. The smallest absolute Gasteiger partial charge is 0.181 e. The first kappa shape index (κ1) is 8.27. The Morgan fingerprint density at radius 3 is 3.00 bits per heavy atom. The van der Waals surface area contributed by atoms with E-state index in [1.165, 1.54) is 6.39 Å². The van der Waals surface area contributed by atoms with E-state index < -0.39 is 0 Å². The van der Waals surface area contributed by atoms with Crippen molar-refractivity contribution < 1.29 is 9.52 Å². The lowest BCUT2D eigenvalue weighted by Gasteiger charge is -2.04. The number of oxazole rings is 1. The highest BCUT2D eigenvalue weighted by atomic mass is 16.3. The molecular formula is C8H13NO2. The molecule has 3 heteroatoms. The van der Waals surface area contributed by atoms with E-state index in [2.05, 4.69) is 18.8 Å². The molecule has 62 valence electrons. The number of hydrogen-bond acceptors (Lipinski definition) is 3. The molecule has 0 aliphatic carbocycles. The van der Waals surface area contributed by atoms with E-state index in [-0.39, 0.29) is 6.61 Å². The summed E-state index contributed by atoms with van der Waals surface area (Å²) in [4.78, 5) is 3.89. The Bertz CT molecular complexity index is 220. The molecule has 0 aromatic carbocycles. The number of nitrogens with zero attached hydrogens (tertiary/aromatic N) is 1. The molecule has 1 atom stereocenters. The Kier molecular flexibility index (Phi) is 2.65. The topological polar surface area (TPSA) is 46.3 Å². The van der Waals surface area contributed by atoms with Crippen molar-refractivity contribution >= 4 is 0 Å². The van der Waals surface area contributed by atoms with Crippen LogP contribution >= 0.6 is 0 Å². The Morgan fingerprint density at radius 1 is 1.73 bits per heavy atom. The van der Waals surface area contributed by atoms with Crippen LogP contribution in [0.25, 0.3) is 0 Å². The molecule has 3 nitrogen and oxygen atoms in total. The summed E-state index contributed by atoms with van der Waals surface area (Å²) in [6.07, 6.45) is 2.38. The largest absolute Gasteiger partial charge is 0.448 e. The third-order valence-electron chi connectivity index (χ3n) is 1.88. The second-order valence-corrected chi connectivity index (χ2v) is 2.63. The normalized spacial score (nSPS) is 13.4. The zero-order chi connectivity index (χ0) is 8.27. The van der Waals surface area contributed by atoms with Crippen molar-refractivity contribution in [2.75, 3.05) is 0 Å². The lowest BCUT2D eigenvalue weighted by molar-refractivity contribution is 0.273. The fourth-order valence-electron chi connectivity index (χ4n) is 0.983. The molecule has 1 aromatic rings. The minimum atomic E-state index is -0.0316. The number of aliphatic hydroxyl groups is 1. The van der Waals surface area contributed by atoms with Gasteiger partial charge in [-0.15, -0.1) is 0 Å². The molecule has 0 saturated heterocycles. The summed E-state index contributed by atoms with van der Waals surface area (Å²) < 4.78 is 5.14. The molecule has 1 heterocycles. The van der Waals surface area contributed by atoms with Gasteiger partial charge in [-0.2, -0.15) is 0 Å². The van der Waals surface area contributed by atoms with Gasteiger partial charge in [0.2, 0.25) is 0 Å². The molecule has 1 unspecified atom stereocenters. The zero-order valence-electron chi connectivity index (χ0n) is 6.87. The first-order valence-corrected chi connectivity index (χ1v) is 3.82. The lowest BCUT2D eigenvalue weighted by Crippen LogP contribution is -1.95. The number of aliphatic hydroxyl groups excluding tert-OH is 1. The van der Waals surface area contributed by atoms with Gasteiger partial charge in [0.1, 0.15) is 11.5 Å². The number of hydrogen-bond donors (Lipinski definition) is 1. The van der Waals surface area contributed by atoms with Crippen LogP contribution < -0.4 is 0 Å². The molecule has 0 radical (unpaired) electrons. The predicted octanol–water partition coefficient (Wildman–Crippen LogP) is 1.68. The molecule has 0 aliphatic rings. The molecule has 1 rings (SSSR count). The van der Waals surface area contributed by atoms with Crippen LogP contribution in [0.5, 0.6) is 0 Å². The van der Waals surface area contributed by atoms with Crippen LogP contribution in [-0.4, -0.2) is 10.1 Å². The van der Waals surface area contributed by atoms with Crippen molar-refractivity contribution in [3.05, 3.63) is 17.8 Å². The molecule has 1 N–H and O–H groups in total. The summed E-state index contributed by atoms with van der Waals surface area (Å²) in [5.74, 6) is 1.16. The first-order valence-electron chi connectivity index (χ1n) is 3.82. The van der Waals surface area contributed by atoms with Gasteiger partial charge in [-0.25, -0.2) is 4.98 Å². The Hall–Kier alpha value is -0.830. The predicted molar refractivity (Wildman–Crippen MR) is 41.1 cm³/mol. The van der Waals surface area contributed by atoms with E-state index in [1.807, 2.05) is 0 Å². The van der Waals surface area contributed by atoms with Crippen molar-refractivity contribution in [3.63, 3.8) is 0 Å². The van der Waals surface area contributed by atoms with Crippen LogP contribution in [0.1, 0.15) is 37.6 Å².